The summed E-state index contributed by atoms with van der Waals surface area (Å²) in [4.78, 5) is 11.3. The number of ketones is 1. The molecule has 0 saturated carbocycles. The summed E-state index contributed by atoms with van der Waals surface area (Å²) in [6.45, 7) is 1.23. The summed E-state index contributed by atoms with van der Waals surface area (Å²) in [7, 11) is 0. The van der Waals surface area contributed by atoms with Gasteiger partial charge in [0.2, 0.25) is 5.78 Å². The molecule has 0 aliphatic heterocycles. The Hall–Kier alpha value is -1.78. The normalized spacial score (nSPS) is 11.5. The summed E-state index contributed by atoms with van der Waals surface area (Å²) in [5, 5.41) is 10.9. The summed E-state index contributed by atoms with van der Waals surface area (Å²) < 4.78 is 25.5. The molecule has 0 fully saturated rings. The van der Waals surface area contributed by atoms with Crippen molar-refractivity contribution in [2.24, 2.45) is 5.16 Å². The van der Waals surface area contributed by atoms with Gasteiger partial charge in [-0.1, -0.05) is 5.16 Å². The van der Waals surface area contributed by atoms with Crippen LogP contribution in [0.5, 0.6) is 0 Å². The molecular formula is C9H7F2NO2. The van der Waals surface area contributed by atoms with Crippen LogP contribution in [-0.2, 0) is 0 Å². The van der Waals surface area contributed by atoms with Crippen molar-refractivity contribution >= 4 is 11.5 Å². The van der Waals surface area contributed by atoms with E-state index in [4.69, 9.17) is 5.21 Å². The van der Waals surface area contributed by atoms with E-state index in [-0.39, 0.29) is 11.3 Å². The molecule has 1 rings (SSSR count). The first-order valence-corrected chi connectivity index (χ1v) is 3.74. The van der Waals surface area contributed by atoms with Crippen LogP contribution in [0.2, 0.25) is 0 Å². The molecule has 5 heteroatoms. The first-order valence-electron chi connectivity index (χ1n) is 3.74. The second-order valence-corrected chi connectivity index (χ2v) is 2.64. The average molecular weight is 199 g/mol. The number of hydrogen-bond donors (Lipinski definition) is 1. The Morgan fingerprint density at radius 2 is 2.07 bits per heavy atom. The fourth-order valence-corrected chi connectivity index (χ4v) is 0.914. The number of carbonyl (C=O) groups excluding carboxylic acids is 1. The average Bonchev–Trinajstić information content (AvgIpc) is 2.15. The van der Waals surface area contributed by atoms with E-state index in [1.54, 1.807) is 0 Å². The van der Waals surface area contributed by atoms with Crippen molar-refractivity contribution in [3.63, 3.8) is 0 Å². The molecule has 0 aliphatic carbocycles. The minimum absolute atomic E-state index is 0.254. The van der Waals surface area contributed by atoms with E-state index in [2.05, 4.69) is 5.16 Å². The Labute approximate surface area is 78.7 Å². The van der Waals surface area contributed by atoms with Crippen LogP contribution in [0.4, 0.5) is 8.78 Å². The highest BCUT2D eigenvalue weighted by molar-refractivity contribution is 6.45. The number of oxime groups is 1. The van der Waals surface area contributed by atoms with E-state index in [9.17, 15) is 13.6 Å². The lowest BCUT2D eigenvalue weighted by Gasteiger charge is -2.00. The molecule has 0 amide bonds. The molecule has 1 aromatic rings. The second kappa shape index (κ2) is 3.95. The quantitative estimate of drug-likeness (QED) is 0.342. The molecule has 0 heterocycles. The van der Waals surface area contributed by atoms with E-state index >= 15 is 0 Å². The fourth-order valence-electron chi connectivity index (χ4n) is 0.914. The first kappa shape index (κ1) is 10.3. The van der Waals surface area contributed by atoms with Gasteiger partial charge in [0.15, 0.2) is 0 Å². The number of halogens is 2. The third-order valence-electron chi connectivity index (χ3n) is 1.65. The van der Waals surface area contributed by atoms with Crippen molar-refractivity contribution in [3.8, 4) is 0 Å². The lowest BCUT2D eigenvalue weighted by molar-refractivity contribution is 0.105. The summed E-state index contributed by atoms with van der Waals surface area (Å²) in [5.74, 6) is -2.51. The number of hydrogen-bond acceptors (Lipinski definition) is 3. The SMILES string of the molecule is C/C(=N/O)C(=O)c1ccc(F)cc1F. The van der Waals surface area contributed by atoms with Crippen molar-refractivity contribution < 1.29 is 18.8 Å². The van der Waals surface area contributed by atoms with Crippen LogP contribution in [0.25, 0.3) is 0 Å². The van der Waals surface area contributed by atoms with Crippen molar-refractivity contribution in [3.05, 3.63) is 35.4 Å². The molecule has 0 saturated heterocycles. The maximum absolute atomic E-state index is 13.0. The molecular weight excluding hydrogens is 192 g/mol. The van der Waals surface area contributed by atoms with Gasteiger partial charge < -0.3 is 5.21 Å². The molecule has 1 N–H and O–H groups in total. The predicted octanol–water partition coefficient (Wildman–Crippen LogP) is 2.00. The largest absolute Gasteiger partial charge is 0.411 e. The molecule has 0 aromatic heterocycles. The predicted molar refractivity (Wildman–Crippen MR) is 45.6 cm³/mol. The van der Waals surface area contributed by atoms with Gasteiger partial charge >= 0.3 is 0 Å². The van der Waals surface area contributed by atoms with Crippen molar-refractivity contribution in [1.82, 2.24) is 0 Å². The third-order valence-corrected chi connectivity index (χ3v) is 1.65. The summed E-state index contributed by atoms with van der Waals surface area (Å²) in [6, 6.07) is 2.56. The van der Waals surface area contributed by atoms with Gasteiger partial charge in [-0.25, -0.2) is 8.78 Å². The Morgan fingerprint density at radius 1 is 1.43 bits per heavy atom. The van der Waals surface area contributed by atoms with Crippen LogP contribution in [-0.4, -0.2) is 16.7 Å². The standard InChI is InChI=1S/C9H7F2NO2/c1-5(12-14)9(13)7-3-2-6(10)4-8(7)11/h2-4,14H,1H3/b12-5-. The molecule has 0 spiro atoms. The number of benzene rings is 1. The van der Waals surface area contributed by atoms with Crippen LogP contribution in [0.3, 0.4) is 0 Å². The van der Waals surface area contributed by atoms with Crippen LogP contribution in [0, 0.1) is 11.6 Å². The van der Waals surface area contributed by atoms with E-state index in [0.29, 0.717) is 6.07 Å². The van der Waals surface area contributed by atoms with Gasteiger partial charge in [0.1, 0.15) is 17.3 Å². The molecule has 0 bridgehead atoms. The highest BCUT2D eigenvalue weighted by Crippen LogP contribution is 2.10. The fraction of sp³-hybridized carbons (Fsp3) is 0.111. The van der Waals surface area contributed by atoms with Crippen molar-refractivity contribution in [2.45, 2.75) is 6.92 Å². The lowest BCUT2D eigenvalue weighted by atomic mass is 10.1. The monoisotopic (exact) mass is 199 g/mol. The van der Waals surface area contributed by atoms with Gasteiger partial charge in [-0.3, -0.25) is 4.79 Å². The Morgan fingerprint density at radius 3 is 2.57 bits per heavy atom. The van der Waals surface area contributed by atoms with Gasteiger partial charge in [-0.15, -0.1) is 0 Å². The first-order chi connectivity index (χ1) is 6.56. The van der Waals surface area contributed by atoms with Gasteiger partial charge in [-0.2, -0.15) is 0 Å². The number of rotatable bonds is 2. The zero-order valence-electron chi connectivity index (χ0n) is 7.29. The zero-order chi connectivity index (χ0) is 10.7. The zero-order valence-corrected chi connectivity index (χ0v) is 7.29. The molecule has 0 unspecified atom stereocenters. The second-order valence-electron chi connectivity index (χ2n) is 2.64. The van der Waals surface area contributed by atoms with E-state index < -0.39 is 17.4 Å². The maximum Gasteiger partial charge on any atom is 0.213 e. The Kier molecular flexibility index (Phi) is 2.91. The molecule has 0 aliphatic rings. The van der Waals surface area contributed by atoms with Crippen molar-refractivity contribution in [2.75, 3.05) is 0 Å². The van der Waals surface area contributed by atoms with Crippen LogP contribution < -0.4 is 0 Å². The van der Waals surface area contributed by atoms with Crippen molar-refractivity contribution in [1.29, 1.82) is 0 Å². The summed E-state index contributed by atoms with van der Waals surface area (Å²) in [5.41, 5.74) is -0.572. The topological polar surface area (TPSA) is 49.7 Å². The molecule has 74 valence electrons. The van der Waals surface area contributed by atoms with Crippen LogP contribution in [0.1, 0.15) is 17.3 Å². The van der Waals surface area contributed by atoms with Crippen LogP contribution in [0.15, 0.2) is 23.4 Å². The molecule has 3 nitrogen and oxygen atoms in total. The number of nitrogens with zero attached hydrogens (tertiary/aromatic N) is 1. The number of carbonyl (C=O) groups is 1. The van der Waals surface area contributed by atoms with E-state index in [1.165, 1.54) is 6.92 Å². The summed E-state index contributed by atoms with van der Waals surface area (Å²) >= 11 is 0. The van der Waals surface area contributed by atoms with Gasteiger partial charge in [0.25, 0.3) is 0 Å². The highest BCUT2D eigenvalue weighted by atomic mass is 19.1. The molecule has 14 heavy (non-hydrogen) atoms. The Bertz CT molecular complexity index is 402. The smallest absolute Gasteiger partial charge is 0.213 e. The van der Waals surface area contributed by atoms with E-state index in [0.717, 1.165) is 12.1 Å². The molecule has 0 radical (unpaired) electrons. The molecule has 1 aromatic carbocycles. The number of Topliss-reactive ketones (excluding diaryl/α,β-unsaturated/α-hetero) is 1. The Balaban J connectivity index is 3.14. The third kappa shape index (κ3) is 1.93. The summed E-state index contributed by atoms with van der Waals surface area (Å²) in [6.07, 6.45) is 0. The highest BCUT2D eigenvalue weighted by Gasteiger charge is 2.15. The van der Waals surface area contributed by atoms with Gasteiger partial charge in [0.05, 0.1) is 5.56 Å². The maximum atomic E-state index is 13.0. The van der Waals surface area contributed by atoms with Gasteiger partial charge in [-0.05, 0) is 19.1 Å². The minimum Gasteiger partial charge on any atom is -0.411 e. The lowest BCUT2D eigenvalue weighted by Crippen LogP contribution is -2.12. The minimum atomic E-state index is -0.974. The van der Waals surface area contributed by atoms with Crippen LogP contribution >= 0.6 is 0 Å². The van der Waals surface area contributed by atoms with E-state index in [1.807, 2.05) is 0 Å². The molecule has 0 atom stereocenters. The van der Waals surface area contributed by atoms with Gasteiger partial charge in [0, 0.05) is 6.07 Å².